The van der Waals surface area contributed by atoms with Crippen molar-refractivity contribution in [2.24, 2.45) is 11.8 Å². The Balaban J connectivity index is 2.03. The van der Waals surface area contributed by atoms with Gasteiger partial charge in [0.05, 0.1) is 6.42 Å². The Morgan fingerprint density at radius 1 is 1.32 bits per heavy atom. The molecule has 0 bridgehead atoms. The molecule has 2 nitrogen and oxygen atoms in total. The molecule has 0 aromatic carbocycles. The predicted octanol–water partition coefficient (Wildman–Crippen LogP) is 3.04. The van der Waals surface area contributed by atoms with Gasteiger partial charge in [-0.25, -0.2) is 0 Å². The first kappa shape index (κ1) is 15.1. The Labute approximate surface area is 113 Å². The van der Waals surface area contributed by atoms with E-state index in [9.17, 15) is 13.2 Å². The van der Waals surface area contributed by atoms with Crippen LogP contribution in [0, 0.1) is 11.8 Å². The second-order valence-corrected chi connectivity index (χ2v) is 6.67. The highest BCUT2D eigenvalue weighted by atomic mass is 19.4. The molecule has 1 saturated carbocycles. The lowest BCUT2D eigenvalue weighted by Gasteiger charge is -2.49. The SMILES string of the molecule is CC(C)C1CN(CCC(F)(F)F)C(C)(C2CC2)CN1. The molecule has 112 valence electrons. The van der Waals surface area contributed by atoms with Gasteiger partial charge in [0.25, 0.3) is 0 Å². The predicted molar refractivity (Wildman–Crippen MR) is 70.0 cm³/mol. The van der Waals surface area contributed by atoms with Crippen molar-refractivity contribution in [1.29, 1.82) is 0 Å². The Hall–Kier alpha value is -0.290. The van der Waals surface area contributed by atoms with E-state index in [4.69, 9.17) is 0 Å². The number of alkyl halides is 3. The molecule has 1 aliphatic carbocycles. The monoisotopic (exact) mass is 278 g/mol. The van der Waals surface area contributed by atoms with Gasteiger partial charge in [0, 0.05) is 31.2 Å². The lowest BCUT2D eigenvalue weighted by atomic mass is 9.87. The van der Waals surface area contributed by atoms with E-state index >= 15 is 0 Å². The second-order valence-electron chi connectivity index (χ2n) is 6.67. The Kier molecular flexibility index (Phi) is 4.17. The van der Waals surface area contributed by atoms with E-state index < -0.39 is 12.6 Å². The Bertz CT molecular complexity index is 312. The minimum Gasteiger partial charge on any atom is -0.311 e. The third-order valence-corrected chi connectivity index (χ3v) is 4.79. The maximum Gasteiger partial charge on any atom is 0.390 e. The zero-order chi connectivity index (χ0) is 14.3. The number of piperazine rings is 1. The van der Waals surface area contributed by atoms with Gasteiger partial charge in [0.2, 0.25) is 0 Å². The fourth-order valence-electron chi connectivity index (χ4n) is 3.12. The van der Waals surface area contributed by atoms with Crippen LogP contribution in [0.5, 0.6) is 0 Å². The first-order chi connectivity index (χ1) is 8.72. The molecule has 1 saturated heterocycles. The third kappa shape index (κ3) is 3.63. The van der Waals surface area contributed by atoms with Gasteiger partial charge in [-0.2, -0.15) is 13.2 Å². The van der Waals surface area contributed by atoms with Crippen molar-refractivity contribution in [1.82, 2.24) is 10.2 Å². The number of halogens is 3. The van der Waals surface area contributed by atoms with Gasteiger partial charge in [-0.1, -0.05) is 13.8 Å². The van der Waals surface area contributed by atoms with Crippen LogP contribution in [0.25, 0.3) is 0 Å². The van der Waals surface area contributed by atoms with Crippen LogP contribution in [0.4, 0.5) is 13.2 Å². The summed E-state index contributed by atoms with van der Waals surface area (Å²) in [5.74, 6) is 1.03. The number of nitrogens with one attached hydrogen (secondary N) is 1. The topological polar surface area (TPSA) is 15.3 Å². The standard InChI is InChI=1S/C14H25F3N2/c1-10(2)12-8-19(7-6-14(15,16)17)13(3,9-18-12)11-4-5-11/h10-12,18H,4-9H2,1-3H3. The summed E-state index contributed by atoms with van der Waals surface area (Å²) in [6.07, 6.45) is -2.43. The highest BCUT2D eigenvalue weighted by Gasteiger charge is 2.49. The highest BCUT2D eigenvalue weighted by molar-refractivity contribution is 5.05. The number of nitrogens with zero attached hydrogens (tertiary/aromatic N) is 1. The van der Waals surface area contributed by atoms with Crippen LogP contribution in [-0.4, -0.2) is 42.3 Å². The number of hydrogen-bond acceptors (Lipinski definition) is 2. The average molecular weight is 278 g/mol. The van der Waals surface area contributed by atoms with Crippen molar-refractivity contribution in [3.63, 3.8) is 0 Å². The molecule has 0 aromatic heterocycles. The van der Waals surface area contributed by atoms with Gasteiger partial charge in [0.1, 0.15) is 0 Å². The zero-order valence-corrected chi connectivity index (χ0v) is 12.1. The summed E-state index contributed by atoms with van der Waals surface area (Å²) < 4.78 is 37.5. The summed E-state index contributed by atoms with van der Waals surface area (Å²) in [6.45, 7) is 8.07. The fraction of sp³-hybridized carbons (Fsp3) is 1.00. The summed E-state index contributed by atoms with van der Waals surface area (Å²) in [5, 5.41) is 3.53. The van der Waals surface area contributed by atoms with Crippen LogP contribution in [0.3, 0.4) is 0 Å². The molecule has 19 heavy (non-hydrogen) atoms. The lowest BCUT2D eigenvalue weighted by molar-refractivity contribution is -0.143. The van der Waals surface area contributed by atoms with Crippen molar-refractivity contribution in [3.8, 4) is 0 Å². The molecule has 2 fully saturated rings. The maximum absolute atomic E-state index is 12.5. The Morgan fingerprint density at radius 3 is 2.42 bits per heavy atom. The van der Waals surface area contributed by atoms with E-state index in [1.54, 1.807) is 0 Å². The molecular weight excluding hydrogens is 253 g/mol. The lowest BCUT2D eigenvalue weighted by Crippen LogP contribution is -2.65. The molecule has 1 N–H and O–H groups in total. The molecule has 2 rings (SSSR count). The molecule has 1 heterocycles. The smallest absolute Gasteiger partial charge is 0.311 e. The van der Waals surface area contributed by atoms with Gasteiger partial charge in [-0.3, -0.25) is 4.90 Å². The second kappa shape index (κ2) is 5.24. The normalized spacial score (nSPS) is 33.9. The van der Waals surface area contributed by atoms with Crippen LogP contribution in [0.15, 0.2) is 0 Å². The van der Waals surface area contributed by atoms with Gasteiger partial charge in [0.15, 0.2) is 0 Å². The highest BCUT2D eigenvalue weighted by Crippen LogP contribution is 2.44. The van der Waals surface area contributed by atoms with Crippen LogP contribution in [-0.2, 0) is 0 Å². The third-order valence-electron chi connectivity index (χ3n) is 4.79. The molecule has 2 unspecified atom stereocenters. The molecule has 2 aliphatic rings. The average Bonchev–Trinajstić information content (AvgIpc) is 3.10. The number of rotatable bonds is 4. The van der Waals surface area contributed by atoms with Crippen molar-refractivity contribution < 1.29 is 13.2 Å². The summed E-state index contributed by atoms with van der Waals surface area (Å²) in [7, 11) is 0. The largest absolute Gasteiger partial charge is 0.390 e. The van der Waals surface area contributed by atoms with Gasteiger partial charge < -0.3 is 5.32 Å². The molecule has 0 aromatic rings. The van der Waals surface area contributed by atoms with E-state index in [0.29, 0.717) is 17.9 Å². The molecule has 5 heteroatoms. The van der Waals surface area contributed by atoms with Crippen LogP contribution in [0.1, 0.15) is 40.0 Å². The van der Waals surface area contributed by atoms with Crippen molar-refractivity contribution >= 4 is 0 Å². The molecule has 1 aliphatic heterocycles. The molecule has 0 amide bonds. The van der Waals surface area contributed by atoms with Crippen molar-refractivity contribution in [2.75, 3.05) is 19.6 Å². The van der Waals surface area contributed by atoms with Crippen molar-refractivity contribution in [2.45, 2.75) is 57.8 Å². The van der Waals surface area contributed by atoms with E-state index in [0.717, 1.165) is 25.9 Å². The summed E-state index contributed by atoms with van der Waals surface area (Å²) in [5.41, 5.74) is -0.0867. The van der Waals surface area contributed by atoms with Gasteiger partial charge in [-0.15, -0.1) is 0 Å². The fourth-order valence-corrected chi connectivity index (χ4v) is 3.12. The summed E-state index contributed by atoms with van der Waals surface area (Å²) in [4.78, 5) is 2.10. The molecule has 0 radical (unpaired) electrons. The minimum absolute atomic E-state index is 0.0867. The van der Waals surface area contributed by atoms with E-state index in [-0.39, 0.29) is 12.1 Å². The molecular formula is C14H25F3N2. The van der Waals surface area contributed by atoms with E-state index in [2.05, 4.69) is 31.0 Å². The maximum atomic E-state index is 12.5. The van der Waals surface area contributed by atoms with Gasteiger partial charge >= 0.3 is 6.18 Å². The minimum atomic E-state index is -4.05. The zero-order valence-electron chi connectivity index (χ0n) is 12.1. The molecule has 2 atom stereocenters. The van der Waals surface area contributed by atoms with Crippen LogP contribution in [0.2, 0.25) is 0 Å². The summed E-state index contributed by atoms with van der Waals surface area (Å²) in [6, 6.07) is 0.306. The van der Waals surface area contributed by atoms with E-state index in [1.807, 2.05) is 0 Å². The van der Waals surface area contributed by atoms with E-state index in [1.165, 1.54) is 0 Å². The first-order valence-corrected chi connectivity index (χ1v) is 7.27. The quantitative estimate of drug-likeness (QED) is 0.850. The van der Waals surface area contributed by atoms with Crippen LogP contribution >= 0.6 is 0 Å². The summed E-state index contributed by atoms with van der Waals surface area (Å²) >= 11 is 0. The Morgan fingerprint density at radius 2 is 1.95 bits per heavy atom. The number of hydrogen-bond donors (Lipinski definition) is 1. The molecule has 0 spiro atoms. The van der Waals surface area contributed by atoms with Gasteiger partial charge in [-0.05, 0) is 31.6 Å². The van der Waals surface area contributed by atoms with Crippen LogP contribution < -0.4 is 5.32 Å². The van der Waals surface area contributed by atoms with Crippen molar-refractivity contribution in [3.05, 3.63) is 0 Å². The first-order valence-electron chi connectivity index (χ1n) is 7.27.